The number of carbonyl (C=O) groups is 7. The zero-order valence-electron chi connectivity index (χ0n) is 38.0. The number of aliphatic carboxylic acids is 2. The first kappa shape index (κ1) is 51.3. The predicted molar refractivity (Wildman–Crippen MR) is 228 cm³/mol. The highest BCUT2D eigenvalue weighted by atomic mass is 16.6. The van der Waals surface area contributed by atoms with Gasteiger partial charge in [0, 0.05) is 25.2 Å². The molecule has 66 heavy (non-hydrogen) atoms. The molecule has 2 bridgehead atoms. The van der Waals surface area contributed by atoms with Gasteiger partial charge in [0.05, 0.1) is 48.5 Å². The van der Waals surface area contributed by atoms with Gasteiger partial charge in [0.15, 0.2) is 17.5 Å². The highest BCUT2D eigenvalue weighted by molar-refractivity contribution is 5.94. The van der Waals surface area contributed by atoms with Gasteiger partial charge >= 0.3 is 35.9 Å². The van der Waals surface area contributed by atoms with E-state index in [0.29, 0.717) is 5.56 Å². The van der Waals surface area contributed by atoms with Crippen molar-refractivity contribution in [2.75, 3.05) is 6.61 Å². The minimum absolute atomic E-state index is 0.0637. The van der Waals surface area contributed by atoms with E-state index >= 15 is 0 Å². The number of alkyl carbamates (subject to hydrolysis) is 1. The van der Waals surface area contributed by atoms with E-state index in [0.717, 1.165) is 6.92 Å². The Labute approximate surface area is 381 Å². The minimum Gasteiger partial charge on any atom is -0.481 e. The molecule has 1 amide bonds. The van der Waals surface area contributed by atoms with Crippen molar-refractivity contribution in [3.8, 4) is 0 Å². The summed E-state index contributed by atoms with van der Waals surface area (Å²) in [5, 5.41) is 67.4. The molecule has 360 valence electrons. The fourth-order valence-corrected chi connectivity index (χ4v) is 9.77. The Morgan fingerprint density at radius 2 is 1.45 bits per heavy atom. The van der Waals surface area contributed by atoms with Gasteiger partial charge in [-0.2, -0.15) is 0 Å². The van der Waals surface area contributed by atoms with Crippen molar-refractivity contribution in [3.63, 3.8) is 0 Å². The average Bonchev–Trinajstić information content (AvgIpc) is 3.23. The fourth-order valence-electron chi connectivity index (χ4n) is 9.77. The molecule has 1 aliphatic heterocycles. The van der Waals surface area contributed by atoms with Crippen molar-refractivity contribution in [3.05, 3.63) is 82.9 Å². The third-order valence-corrected chi connectivity index (χ3v) is 13.1. The molecule has 3 aliphatic carbocycles. The van der Waals surface area contributed by atoms with Gasteiger partial charge in [0.25, 0.3) is 0 Å². The van der Waals surface area contributed by atoms with Crippen LogP contribution >= 0.6 is 0 Å². The Balaban J connectivity index is 0.000000933. The SMILES string of the molecule is CC(=O)O[C@@]12CO[C@@H]1C[C@H](O)[C@@]1(C)C(=O)[C@H](O)C3=C(C)[C@@H](OC(=O)C(O)[C@@H](NC(=O)OC(C)(C)C)c4ccccc4)C[C@@](O)([C@@H](OC(=O)c4ccccc4)[C@H]21)C3(C)C.O=C(O)CCC(=O)O. The lowest BCUT2D eigenvalue weighted by Gasteiger charge is -2.67. The largest absolute Gasteiger partial charge is 0.481 e. The average molecular weight is 926 g/mol. The van der Waals surface area contributed by atoms with Crippen LogP contribution in [-0.4, -0.2) is 132 Å². The number of aliphatic hydroxyl groups excluding tert-OH is 3. The van der Waals surface area contributed by atoms with E-state index in [4.69, 9.17) is 33.9 Å². The monoisotopic (exact) mass is 925 g/mol. The lowest BCUT2D eigenvalue weighted by atomic mass is 9.44. The smallest absolute Gasteiger partial charge is 0.408 e. The molecule has 1 unspecified atom stereocenters. The molecule has 1 heterocycles. The number of benzene rings is 2. The molecule has 6 rings (SSSR count). The molecule has 4 aliphatic rings. The number of Topliss-reactive ketones (excluding diaryl/α,β-unsaturated/α-hetero) is 1. The number of aliphatic hydroxyl groups is 4. The van der Waals surface area contributed by atoms with Gasteiger partial charge in [-0.3, -0.25) is 19.2 Å². The lowest BCUT2D eigenvalue weighted by molar-refractivity contribution is -0.346. The number of esters is 3. The van der Waals surface area contributed by atoms with E-state index in [1.807, 2.05) is 0 Å². The van der Waals surface area contributed by atoms with Crippen LogP contribution in [0.5, 0.6) is 0 Å². The van der Waals surface area contributed by atoms with Crippen molar-refractivity contribution >= 4 is 41.7 Å². The first-order chi connectivity index (χ1) is 30.6. The molecular formula is C47H59NO18. The molecule has 0 spiro atoms. The van der Waals surface area contributed by atoms with Crippen LogP contribution in [0.1, 0.15) is 103 Å². The zero-order chi connectivity index (χ0) is 49.3. The maximum Gasteiger partial charge on any atom is 0.408 e. The number of nitrogens with one attached hydrogen (secondary N) is 1. The Kier molecular flexibility index (Phi) is 14.9. The molecular weight excluding hydrogens is 867 g/mol. The molecule has 1 saturated heterocycles. The summed E-state index contributed by atoms with van der Waals surface area (Å²) < 4.78 is 29.5. The lowest BCUT2D eigenvalue weighted by Crippen LogP contribution is -2.81. The highest BCUT2D eigenvalue weighted by Gasteiger charge is 2.78. The summed E-state index contributed by atoms with van der Waals surface area (Å²) in [6.45, 7) is 11.8. The van der Waals surface area contributed by atoms with E-state index in [9.17, 15) is 54.0 Å². The fraction of sp³-hybridized carbons (Fsp3) is 0.553. The number of hydrogen-bond acceptors (Lipinski definition) is 16. The summed E-state index contributed by atoms with van der Waals surface area (Å²) in [5.41, 5.74) is -8.14. The normalized spacial score (nSPS) is 30.6. The number of ether oxygens (including phenoxy) is 5. The summed E-state index contributed by atoms with van der Waals surface area (Å²) in [5.74, 6) is -7.52. The Morgan fingerprint density at radius 3 is 1.95 bits per heavy atom. The third-order valence-electron chi connectivity index (χ3n) is 13.1. The number of hydrogen-bond donors (Lipinski definition) is 7. The molecule has 11 atom stereocenters. The summed E-state index contributed by atoms with van der Waals surface area (Å²) >= 11 is 0. The van der Waals surface area contributed by atoms with Crippen LogP contribution in [0, 0.1) is 16.7 Å². The number of fused-ring (bicyclic) bond motifs is 5. The molecule has 19 heteroatoms. The highest BCUT2D eigenvalue weighted by Crippen LogP contribution is 2.64. The van der Waals surface area contributed by atoms with Crippen molar-refractivity contribution < 1.29 is 87.9 Å². The first-order valence-electron chi connectivity index (χ1n) is 21.4. The maximum atomic E-state index is 14.9. The number of rotatable bonds is 11. The quantitative estimate of drug-likeness (QED) is 0.0967. The van der Waals surface area contributed by atoms with Crippen LogP contribution in [0.3, 0.4) is 0 Å². The van der Waals surface area contributed by atoms with Crippen LogP contribution in [0.15, 0.2) is 71.8 Å². The van der Waals surface area contributed by atoms with Gasteiger partial charge in [-0.1, -0.05) is 62.4 Å². The van der Waals surface area contributed by atoms with E-state index in [1.165, 1.54) is 26.0 Å². The second-order valence-corrected chi connectivity index (χ2v) is 18.9. The topological polar surface area (TPSA) is 299 Å². The second kappa shape index (κ2) is 19.2. The molecule has 3 fully saturated rings. The summed E-state index contributed by atoms with van der Waals surface area (Å²) in [6, 6.07) is 14.6. The van der Waals surface area contributed by atoms with E-state index < -0.39 is 124 Å². The van der Waals surface area contributed by atoms with Crippen molar-refractivity contribution in [2.45, 2.75) is 141 Å². The molecule has 19 nitrogen and oxygen atoms in total. The number of amides is 1. The van der Waals surface area contributed by atoms with Crippen LogP contribution in [-0.2, 0) is 47.7 Å². The van der Waals surface area contributed by atoms with E-state index in [-0.39, 0.29) is 42.6 Å². The van der Waals surface area contributed by atoms with Crippen molar-refractivity contribution in [1.82, 2.24) is 5.32 Å². The Hall–Kier alpha value is -5.73. The van der Waals surface area contributed by atoms with Crippen LogP contribution < -0.4 is 5.32 Å². The molecule has 7 N–H and O–H groups in total. The number of carboxylic acids is 2. The van der Waals surface area contributed by atoms with Crippen LogP contribution in [0.4, 0.5) is 4.79 Å². The van der Waals surface area contributed by atoms with Crippen LogP contribution in [0.2, 0.25) is 0 Å². The standard InChI is InChI=1S/C43H53NO14.C4H6O4/c1-22-26(55-37(51)32(48)30(24-15-11-9-12-16-24)44-38(52)58-39(3,4)5)20-43(53)35(56-36(50)25-17-13-10-14-18-25)33-41(8,34(49)31(47)29(22)40(43,6)7)27(46)19-28-42(33,21-54-28)57-23(2)45;5-3(6)1-2-4(7)8/h9-18,26-28,30-33,35,46-48,53H,19-21H2,1-8H3,(H,44,52);1-2H2,(H,5,6)(H,7,8)/t26-,27-,28+,30-,31+,32?,33-,35-,41+,42-,43+;/m0./s1. The molecule has 0 aromatic heterocycles. The molecule has 2 aromatic rings. The van der Waals surface area contributed by atoms with Gasteiger partial charge < -0.3 is 59.6 Å². The molecule has 2 aromatic carbocycles. The van der Waals surface area contributed by atoms with Crippen molar-refractivity contribution in [1.29, 1.82) is 0 Å². The Bertz CT molecular complexity index is 2210. The summed E-state index contributed by atoms with van der Waals surface area (Å²) in [4.78, 5) is 88.2. The van der Waals surface area contributed by atoms with Gasteiger partial charge in [0.2, 0.25) is 0 Å². The van der Waals surface area contributed by atoms with Gasteiger partial charge in [0.1, 0.15) is 35.6 Å². The van der Waals surface area contributed by atoms with Gasteiger partial charge in [-0.25, -0.2) is 14.4 Å². The molecule has 0 radical (unpaired) electrons. The van der Waals surface area contributed by atoms with E-state index in [1.54, 1.807) is 83.1 Å². The van der Waals surface area contributed by atoms with Crippen LogP contribution in [0.25, 0.3) is 0 Å². The molecule has 2 saturated carbocycles. The zero-order valence-corrected chi connectivity index (χ0v) is 38.0. The minimum atomic E-state index is -2.35. The van der Waals surface area contributed by atoms with Gasteiger partial charge in [-0.15, -0.1) is 0 Å². The Morgan fingerprint density at radius 1 is 0.894 bits per heavy atom. The number of ketones is 1. The van der Waals surface area contributed by atoms with E-state index in [2.05, 4.69) is 5.32 Å². The number of carboxylic acid groups (broad SMARTS) is 2. The van der Waals surface area contributed by atoms with Gasteiger partial charge in [-0.05, 0) is 63.5 Å². The summed E-state index contributed by atoms with van der Waals surface area (Å²) in [6.07, 6.45) is -12.1. The van der Waals surface area contributed by atoms with Crippen molar-refractivity contribution in [2.24, 2.45) is 16.7 Å². The maximum absolute atomic E-state index is 14.9. The first-order valence-corrected chi connectivity index (χ1v) is 21.4. The third kappa shape index (κ3) is 9.85. The number of carbonyl (C=O) groups excluding carboxylic acids is 5. The second-order valence-electron chi connectivity index (χ2n) is 18.9. The predicted octanol–water partition coefficient (Wildman–Crippen LogP) is 3.20. The summed E-state index contributed by atoms with van der Waals surface area (Å²) in [7, 11) is 0.